The summed E-state index contributed by atoms with van der Waals surface area (Å²) in [5.41, 5.74) is 0.786. The van der Waals surface area contributed by atoms with Gasteiger partial charge in [0, 0.05) is 25.4 Å². The van der Waals surface area contributed by atoms with E-state index in [0.717, 1.165) is 5.69 Å². The molecule has 1 heterocycles. The molecule has 0 fully saturated rings. The van der Waals surface area contributed by atoms with E-state index in [-0.39, 0.29) is 6.54 Å². The first-order valence-electron chi connectivity index (χ1n) is 5.58. The third-order valence-corrected chi connectivity index (χ3v) is 2.35. The lowest BCUT2D eigenvalue weighted by molar-refractivity contribution is -0.137. The first kappa shape index (κ1) is 14.7. The average Bonchev–Trinajstić information content (AvgIpc) is 2.24. The molecule has 1 rings (SSSR count). The molecule has 18 heavy (non-hydrogen) atoms. The summed E-state index contributed by atoms with van der Waals surface area (Å²) in [6, 6.07) is 1.78. The molecule has 4 nitrogen and oxygen atoms in total. The van der Waals surface area contributed by atoms with Crippen LogP contribution in [0.5, 0.6) is 0 Å². The van der Waals surface area contributed by atoms with Crippen LogP contribution in [0.4, 0.5) is 19.0 Å². The first-order chi connectivity index (χ1) is 8.30. The highest BCUT2D eigenvalue weighted by Crippen LogP contribution is 2.19. The topological polar surface area (TPSA) is 41.1 Å². The highest BCUT2D eigenvalue weighted by atomic mass is 19.4. The molecule has 0 aliphatic carbocycles. The molecular weight excluding hydrogens is 245 g/mol. The quantitative estimate of drug-likeness (QED) is 0.883. The molecule has 0 saturated heterocycles. The monoisotopic (exact) mass is 262 g/mol. The number of nitrogens with one attached hydrogen (secondary N) is 1. The van der Waals surface area contributed by atoms with Gasteiger partial charge in [-0.2, -0.15) is 13.2 Å². The molecule has 0 atom stereocenters. The van der Waals surface area contributed by atoms with E-state index in [9.17, 15) is 13.2 Å². The lowest BCUT2D eigenvalue weighted by Gasteiger charge is -2.17. The van der Waals surface area contributed by atoms with Crippen molar-refractivity contribution in [1.82, 2.24) is 14.9 Å². The Balaban J connectivity index is 2.58. The van der Waals surface area contributed by atoms with Crippen LogP contribution in [0.15, 0.2) is 6.07 Å². The van der Waals surface area contributed by atoms with Crippen LogP contribution < -0.4 is 5.32 Å². The van der Waals surface area contributed by atoms with Gasteiger partial charge in [0.25, 0.3) is 0 Å². The molecule has 0 amide bonds. The maximum Gasteiger partial charge on any atom is 0.390 e. The van der Waals surface area contributed by atoms with Gasteiger partial charge in [0.15, 0.2) is 0 Å². The standard InChI is InChI=1S/C11H17F3N4/c1-8-6-9(15-2)17-10(16-8)7-18(3)5-4-11(12,13)14/h6H,4-5,7H2,1-3H3,(H,15,16,17). The Kier molecular flexibility index (Phi) is 4.89. The summed E-state index contributed by atoms with van der Waals surface area (Å²) >= 11 is 0. The minimum absolute atomic E-state index is 0.0598. The van der Waals surface area contributed by atoms with Gasteiger partial charge in [-0.25, -0.2) is 9.97 Å². The van der Waals surface area contributed by atoms with Crippen LogP contribution in [-0.2, 0) is 6.54 Å². The van der Waals surface area contributed by atoms with Crippen LogP contribution in [-0.4, -0.2) is 41.7 Å². The number of hydrogen-bond acceptors (Lipinski definition) is 4. The summed E-state index contributed by atoms with van der Waals surface area (Å²) < 4.78 is 36.2. The van der Waals surface area contributed by atoms with Gasteiger partial charge in [-0.05, 0) is 14.0 Å². The van der Waals surface area contributed by atoms with E-state index in [2.05, 4.69) is 15.3 Å². The molecule has 102 valence electrons. The van der Waals surface area contributed by atoms with Gasteiger partial charge in [0.2, 0.25) is 0 Å². The van der Waals surface area contributed by atoms with Crippen LogP contribution >= 0.6 is 0 Å². The van der Waals surface area contributed by atoms with Crippen molar-refractivity contribution in [3.63, 3.8) is 0 Å². The maximum atomic E-state index is 12.1. The van der Waals surface area contributed by atoms with E-state index in [4.69, 9.17) is 0 Å². The summed E-state index contributed by atoms with van der Waals surface area (Å²) in [5, 5.41) is 2.89. The molecule has 0 aromatic carbocycles. The fraction of sp³-hybridized carbons (Fsp3) is 0.636. The van der Waals surface area contributed by atoms with Gasteiger partial charge < -0.3 is 5.32 Å². The molecular formula is C11H17F3N4. The Labute approximate surface area is 104 Å². The predicted molar refractivity (Wildman–Crippen MR) is 63.3 cm³/mol. The minimum Gasteiger partial charge on any atom is -0.373 e. The average molecular weight is 262 g/mol. The van der Waals surface area contributed by atoms with Gasteiger partial charge in [-0.1, -0.05) is 0 Å². The lowest BCUT2D eigenvalue weighted by atomic mass is 10.3. The molecule has 0 radical (unpaired) electrons. The summed E-state index contributed by atoms with van der Waals surface area (Å²) in [4.78, 5) is 9.94. The predicted octanol–water partition coefficient (Wildman–Crippen LogP) is 2.21. The fourth-order valence-electron chi connectivity index (χ4n) is 1.47. The minimum atomic E-state index is -4.13. The zero-order valence-corrected chi connectivity index (χ0v) is 10.7. The second-order valence-electron chi connectivity index (χ2n) is 4.16. The van der Waals surface area contributed by atoms with Crippen molar-refractivity contribution in [3.8, 4) is 0 Å². The molecule has 0 aliphatic heterocycles. The Bertz CT molecular complexity index is 392. The van der Waals surface area contributed by atoms with Gasteiger partial charge in [0.05, 0.1) is 13.0 Å². The first-order valence-corrected chi connectivity index (χ1v) is 5.58. The zero-order valence-electron chi connectivity index (χ0n) is 10.7. The molecule has 0 saturated carbocycles. The van der Waals surface area contributed by atoms with Crippen molar-refractivity contribution >= 4 is 5.82 Å². The molecule has 0 unspecified atom stereocenters. The summed E-state index contributed by atoms with van der Waals surface area (Å²) in [7, 11) is 3.36. The summed E-state index contributed by atoms with van der Waals surface area (Å²) in [6.45, 7) is 2.06. The molecule has 0 bridgehead atoms. The van der Waals surface area contributed by atoms with Gasteiger partial charge >= 0.3 is 6.18 Å². The number of aryl methyl sites for hydroxylation is 1. The molecule has 1 aromatic rings. The van der Waals surface area contributed by atoms with Gasteiger partial charge in [-0.3, -0.25) is 4.90 Å². The van der Waals surface area contributed by atoms with Crippen molar-refractivity contribution in [1.29, 1.82) is 0 Å². The van der Waals surface area contributed by atoms with Crippen LogP contribution in [0.25, 0.3) is 0 Å². The number of halogens is 3. The number of aromatic nitrogens is 2. The number of rotatable bonds is 5. The molecule has 1 aromatic heterocycles. The molecule has 1 N–H and O–H groups in total. The SMILES string of the molecule is CNc1cc(C)nc(CN(C)CCC(F)(F)F)n1. The van der Waals surface area contributed by atoms with Crippen molar-refractivity contribution in [2.45, 2.75) is 26.1 Å². The molecule has 0 spiro atoms. The van der Waals surface area contributed by atoms with E-state index < -0.39 is 12.6 Å². The van der Waals surface area contributed by atoms with Crippen molar-refractivity contribution < 1.29 is 13.2 Å². The highest BCUT2D eigenvalue weighted by Gasteiger charge is 2.27. The van der Waals surface area contributed by atoms with E-state index in [0.29, 0.717) is 18.2 Å². The molecule has 7 heteroatoms. The van der Waals surface area contributed by atoms with Crippen LogP contribution in [0, 0.1) is 6.92 Å². The Morgan fingerprint density at radius 1 is 1.33 bits per heavy atom. The maximum absolute atomic E-state index is 12.1. The fourth-order valence-corrected chi connectivity index (χ4v) is 1.47. The normalized spacial score (nSPS) is 11.9. The van der Waals surface area contributed by atoms with Crippen LogP contribution in [0.1, 0.15) is 17.9 Å². The van der Waals surface area contributed by atoms with E-state index in [1.807, 2.05) is 6.92 Å². The zero-order chi connectivity index (χ0) is 13.8. The van der Waals surface area contributed by atoms with E-state index >= 15 is 0 Å². The van der Waals surface area contributed by atoms with E-state index in [1.165, 1.54) is 0 Å². The Hall–Kier alpha value is -1.37. The van der Waals surface area contributed by atoms with Gasteiger partial charge in [0.1, 0.15) is 11.6 Å². The second kappa shape index (κ2) is 5.99. The summed E-state index contributed by atoms with van der Waals surface area (Å²) in [6.07, 6.45) is -4.95. The van der Waals surface area contributed by atoms with Crippen molar-refractivity contribution in [2.75, 3.05) is 26.0 Å². The number of hydrogen-bond donors (Lipinski definition) is 1. The smallest absolute Gasteiger partial charge is 0.373 e. The Morgan fingerprint density at radius 2 is 2.00 bits per heavy atom. The van der Waals surface area contributed by atoms with Gasteiger partial charge in [-0.15, -0.1) is 0 Å². The number of nitrogens with zero attached hydrogens (tertiary/aromatic N) is 3. The highest BCUT2D eigenvalue weighted by molar-refractivity contribution is 5.34. The lowest BCUT2D eigenvalue weighted by Crippen LogP contribution is -2.25. The largest absolute Gasteiger partial charge is 0.390 e. The Morgan fingerprint density at radius 3 is 2.56 bits per heavy atom. The number of anilines is 1. The number of alkyl halides is 3. The summed E-state index contributed by atoms with van der Waals surface area (Å²) in [5.74, 6) is 1.19. The third kappa shape index (κ3) is 5.31. The third-order valence-electron chi connectivity index (χ3n) is 2.35. The van der Waals surface area contributed by atoms with Crippen molar-refractivity contribution in [3.05, 3.63) is 17.6 Å². The van der Waals surface area contributed by atoms with Crippen LogP contribution in [0.3, 0.4) is 0 Å². The van der Waals surface area contributed by atoms with E-state index in [1.54, 1.807) is 25.1 Å². The van der Waals surface area contributed by atoms with Crippen LogP contribution in [0.2, 0.25) is 0 Å². The van der Waals surface area contributed by atoms with Crippen molar-refractivity contribution in [2.24, 2.45) is 0 Å². The second-order valence-corrected chi connectivity index (χ2v) is 4.16. The molecule has 0 aliphatic rings.